The average Bonchev–Trinajstić information content (AvgIpc) is 3.32. The number of halogens is 2. The number of fused-ring (bicyclic) bond motifs is 2. The lowest BCUT2D eigenvalue weighted by Crippen LogP contribution is -2.39. The maximum Gasteiger partial charge on any atom is 0.227 e. The molecule has 9 heteroatoms. The van der Waals surface area contributed by atoms with Gasteiger partial charge in [0.05, 0.1) is 19.2 Å². The minimum absolute atomic E-state index is 0. The van der Waals surface area contributed by atoms with Gasteiger partial charge in [-0.25, -0.2) is 4.39 Å². The Morgan fingerprint density at radius 3 is 2.90 bits per heavy atom. The van der Waals surface area contributed by atoms with Crippen molar-refractivity contribution in [2.75, 3.05) is 19.6 Å². The van der Waals surface area contributed by atoms with Crippen LogP contribution in [0.15, 0.2) is 28.9 Å². The molecular formula is C20H23ClFN5O2. The van der Waals surface area contributed by atoms with E-state index in [1.165, 1.54) is 12.1 Å². The van der Waals surface area contributed by atoms with E-state index in [0.29, 0.717) is 24.6 Å². The van der Waals surface area contributed by atoms with Crippen LogP contribution in [-0.4, -0.2) is 45.2 Å². The van der Waals surface area contributed by atoms with Gasteiger partial charge in [0.2, 0.25) is 5.91 Å². The Kier molecular flexibility index (Phi) is 5.56. The molecule has 1 N–H and O–H groups in total. The number of piperidine rings is 1. The lowest BCUT2D eigenvalue weighted by molar-refractivity contribution is -0.131. The molecule has 2 aromatic heterocycles. The summed E-state index contributed by atoms with van der Waals surface area (Å²) in [5, 5.41) is 12.8. The van der Waals surface area contributed by atoms with Gasteiger partial charge in [0.1, 0.15) is 23.0 Å². The number of carbonyl (C=O) groups excluding carboxylic acids is 1. The third-order valence-corrected chi connectivity index (χ3v) is 5.82. The van der Waals surface area contributed by atoms with Crippen LogP contribution < -0.4 is 5.32 Å². The van der Waals surface area contributed by atoms with E-state index in [2.05, 4.69) is 20.1 Å². The van der Waals surface area contributed by atoms with Crippen molar-refractivity contribution in [1.82, 2.24) is 25.0 Å². The number of benzene rings is 1. The van der Waals surface area contributed by atoms with Crippen molar-refractivity contribution in [2.24, 2.45) is 0 Å². The van der Waals surface area contributed by atoms with Crippen LogP contribution in [0.3, 0.4) is 0 Å². The van der Waals surface area contributed by atoms with Gasteiger partial charge in [0, 0.05) is 49.1 Å². The average molecular weight is 420 g/mol. The number of nitrogens with zero attached hydrogens (tertiary/aromatic N) is 4. The zero-order valence-electron chi connectivity index (χ0n) is 15.9. The molecule has 1 fully saturated rings. The fourth-order valence-corrected chi connectivity index (χ4v) is 4.27. The van der Waals surface area contributed by atoms with Crippen LogP contribution in [0, 0.1) is 5.82 Å². The van der Waals surface area contributed by atoms with E-state index in [1.54, 1.807) is 12.3 Å². The van der Waals surface area contributed by atoms with Gasteiger partial charge in [0.25, 0.3) is 0 Å². The SMILES string of the molecule is Cl.O=C(Cc1coc2cc(F)ccc12)N1CCC(c2nnc3n2CCNC3)CC1. The Balaban J connectivity index is 0.00000205. The zero-order chi connectivity index (χ0) is 19.1. The predicted molar refractivity (Wildman–Crippen MR) is 107 cm³/mol. The van der Waals surface area contributed by atoms with Crippen molar-refractivity contribution in [3.63, 3.8) is 0 Å². The largest absolute Gasteiger partial charge is 0.464 e. The summed E-state index contributed by atoms with van der Waals surface area (Å²) < 4.78 is 20.9. The second kappa shape index (κ2) is 8.12. The molecule has 0 aliphatic carbocycles. The van der Waals surface area contributed by atoms with E-state index < -0.39 is 0 Å². The number of nitrogens with one attached hydrogen (secondary N) is 1. The van der Waals surface area contributed by atoms with Crippen LogP contribution in [0.5, 0.6) is 0 Å². The van der Waals surface area contributed by atoms with E-state index in [9.17, 15) is 9.18 Å². The van der Waals surface area contributed by atoms with Gasteiger partial charge < -0.3 is 19.2 Å². The minimum Gasteiger partial charge on any atom is -0.464 e. The van der Waals surface area contributed by atoms with E-state index in [4.69, 9.17) is 4.42 Å². The van der Waals surface area contributed by atoms with Gasteiger partial charge in [-0.1, -0.05) is 0 Å². The van der Waals surface area contributed by atoms with Gasteiger partial charge in [-0.2, -0.15) is 0 Å². The summed E-state index contributed by atoms with van der Waals surface area (Å²) in [5.41, 5.74) is 1.29. The molecule has 7 nitrogen and oxygen atoms in total. The van der Waals surface area contributed by atoms with Gasteiger partial charge in [-0.15, -0.1) is 22.6 Å². The van der Waals surface area contributed by atoms with Crippen LogP contribution in [0.25, 0.3) is 11.0 Å². The fraction of sp³-hybridized carbons (Fsp3) is 0.450. The molecule has 29 heavy (non-hydrogen) atoms. The van der Waals surface area contributed by atoms with Crippen LogP contribution in [0.4, 0.5) is 4.39 Å². The molecule has 0 radical (unpaired) electrons. The summed E-state index contributed by atoms with van der Waals surface area (Å²) in [4.78, 5) is 14.7. The van der Waals surface area contributed by atoms with E-state index in [-0.39, 0.29) is 30.6 Å². The highest BCUT2D eigenvalue weighted by Gasteiger charge is 2.29. The molecule has 4 heterocycles. The molecular weight excluding hydrogens is 397 g/mol. The second-order valence-electron chi connectivity index (χ2n) is 7.54. The smallest absolute Gasteiger partial charge is 0.227 e. The number of hydrogen-bond acceptors (Lipinski definition) is 5. The quantitative estimate of drug-likeness (QED) is 0.706. The van der Waals surface area contributed by atoms with Gasteiger partial charge in [-0.05, 0) is 25.0 Å². The molecule has 0 unspecified atom stereocenters. The van der Waals surface area contributed by atoms with Crippen molar-refractivity contribution >= 4 is 29.3 Å². The molecule has 1 saturated heterocycles. The maximum absolute atomic E-state index is 13.3. The van der Waals surface area contributed by atoms with Crippen molar-refractivity contribution in [3.05, 3.63) is 47.5 Å². The summed E-state index contributed by atoms with van der Waals surface area (Å²) in [5.74, 6) is 2.15. The van der Waals surface area contributed by atoms with Gasteiger partial charge in [0.15, 0.2) is 0 Å². The molecule has 0 atom stereocenters. The molecule has 1 amide bonds. The maximum atomic E-state index is 13.3. The Hall–Kier alpha value is -2.45. The highest BCUT2D eigenvalue weighted by atomic mass is 35.5. The Labute approximate surface area is 173 Å². The standard InChI is InChI=1S/C20H22FN5O2.ClH/c21-15-1-2-16-14(12-28-17(16)10-15)9-19(27)25-6-3-13(4-7-25)20-24-23-18-11-22-5-8-26(18)20;/h1-2,10,12-13,22H,3-9,11H2;1H. The van der Waals surface area contributed by atoms with Crippen LogP contribution >= 0.6 is 12.4 Å². The van der Waals surface area contributed by atoms with Crippen molar-refractivity contribution < 1.29 is 13.6 Å². The number of carbonyl (C=O) groups is 1. The number of amides is 1. The van der Waals surface area contributed by atoms with E-state index in [0.717, 1.165) is 55.1 Å². The van der Waals surface area contributed by atoms with E-state index in [1.807, 2.05) is 4.90 Å². The molecule has 5 rings (SSSR count). The summed E-state index contributed by atoms with van der Waals surface area (Å²) in [6.07, 6.45) is 3.63. The zero-order valence-corrected chi connectivity index (χ0v) is 16.8. The number of rotatable bonds is 3. The first-order chi connectivity index (χ1) is 13.7. The van der Waals surface area contributed by atoms with Gasteiger partial charge >= 0.3 is 0 Å². The highest BCUT2D eigenvalue weighted by Crippen LogP contribution is 2.29. The van der Waals surface area contributed by atoms with Crippen LogP contribution in [0.2, 0.25) is 0 Å². The summed E-state index contributed by atoms with van der Waals surface area (Å²) in [6.45, 7) is 4.05. The number of hydrogen-bond donors (Lipinski definition) is 1. The van der Waals surface area contributed by atoms with Crippen molar-refractivity contribution in [2.45, 2.75) is 38.3 Å². The number of furan rings is 1. The summed E-state index contributed by atoms with van der Waals surface area (Å²) in [6, 6.07) is 4.42. The van der Waals surface area contributed by atoms with Crippen molar-refractivity contribution in [1.29, 1.82) is 0 Å². The molecule has 0 saturated carbocycles. The normalized spacial score (nSPS) is 17.2. The molecule has 1 aromatic carbocycles. The third kappa shape index (κ3) is 3.74. The first-order valence-electron chi connectivity index (χ1n) is 9.75. The lowest BCUT2D eigenvalue weighted by atomic mass is 9.95. The Morgan fingerprint density at radius 1 is 1.24 bits per heavy atom. The second-order valence-corrected chi connectivity index (χ2v) is 7.54. The molecule has 0 spiro atoms. The van der Waals surface area contributed by atoms with E-state index >= 15 is 0 Å². The predicted octanol–water partition coefficient (Wildman–Crippen LogP) is 2.64. The highest BCUT2D eigenvalue weighted by molar-refractivity contribution is 5.87. The first kappa shape index (κ1) is 19.8. The third-order valence-electron chi connectivity index (χ3n) is 5.82. The lowest BCUT2D eigenvalue weighted by Gasteiger charge is -2.32. The van der Waals surface area contributed by atoms with Crippen LogP contribution in [0.1, 0.15) is 36.0 Å². The van der Waals surface area contributed by atoms with Crippen molar-refractivity contribution in [3.8, 4) is 0 Å². The molecule has 154 valence electrons. The summed E-state index contributed by atoms with van der Waals surface area (Å²) >= 11 is 0. The Morgan fingerprint density at radius 2 is 2.07 bits per heavy atom. The Bertz CT molecular complexity index is 1030. The monoisotopic (exact) mass is 419 g/mol. The summed E-state index contributed by atoms with van der Waals surface area (Å²) in [7, 11) is 0. The topological polar surface area (TPSA) is 76.2 Å². The first-order valence-corrected chi connectivity index (χ1v) is 9.75. The molecule has 3 aromatic rings. The van der Waals surface area contributed by atoms with Gasteiger partial charge in [-0.3, -0.25) is 4.79 Å². The molecule has 2 aliphatic heterocycles. The molecule has 2 aliphatic rings. The minimum atomic E-state index is -0.340. The number of aromatic nitrogens is 3. The van der Waals surface area contributed by atoms with Crippen LogP contribution in [-0.2, 0) is 24.3 Å². The number of likely N-dealkylation sites (tertiary alicyclic amines) is 1. The molecule has 0 bridgehead atoms. The fourth-order valence-electron chi connectivity index (χ4n) is 4.27.